The topological polar surface area (TPSA) is 147 Å². The molecule has 12 heteroatoms. The minimum Gasteiger partial charge on any atom is -0.467 e. The van der Waals surface area contributed by atoms with Gasteiger partial charge in [0.15, 0.2) is 5.13 Å². The van der Waals surface area contributed by atoms with Crippen molar-refractivity contribution < 1.29 is 23.9 Å². The van der Waals surface area contributed by atoms with Gasteiger partial charge in [-0.2, -0.15) is 5.10 Å². The fourth-order valence-corrected chi connectivity index (χ4v) is 4.36. The number of rotatable bonds is 10. The molecule has 194 valence electrons. The second kappa shape index (κ2) is 11.8. The molecule has 0 aliphatic heterocycles. The van der Waals surface area contributed by atoms with Gasteiger partial charge in [-0.15, -0.1) is 0 Å². The number of ether oxygens (including phenoxy) is 2. The van der Waals surface area contributed by atoms with Gasteiger partial charge in [0, 0.05) is 11.9 Å². The average Bonchev–Trinajstić information content (AvgIpc) is 3.44. The van der Waals surface area contributed by atoms with Crippen LogP contribution in [0.4, 0.5) is 9.93 Å². The summed E-state index contributed by atoms with van der Waals surface area (Å²) in [6.07, 6.45) is 2.87. The lowest BCUT2D eigenvalue weighted by atomic mass is 10.1. The van der Waals surface area contributed by atoms with E-state index in [1.165, 1.54) is 24.0 Å². The number of carbonyl (C=O) groups excluding carboxylic acids is 3. The number of thiazole rings is 1. The maximum absolute atomic E-state index is 12.9. The molecule has 1 aromatic carbocycles. The van der Waals surface area contributed by atoms with Gasteiger partial charge in [-0.25, -0.2) is 14.6 Å². The Labute approximate surface area is 213 Å². The summed E-state index contributed by atoms with van der Waals surface area (Å²) in [5.74, 6) is -1.17. The number of aryl methyl sites for hydroxylation is 2. The van der Waals surface area contributed by atoms with Crippen LogP contribution in [0.2, 0.25) is 0 Å². The first-order valence-corrected chi connectivity index (χ1v) is 12.4. The summed E-state index contributed by atoms with van der Waals surface area (Å²) >= 11 is 1.20. The Morgan fingerprint density at radius 1 is 1.22 bits per heavy atom. The summed E-state index contributed by atoms with van der Waals surface area (Å²) in [4.78, 5) is 41.8. The zero-order chi connectivity index (χ0) is 26.3. The Balaban J connectivity index is 1.53. The van der Waals surface area contributed by atoms with Crippen molar-refractivity contribution in [1.82, 2.24) is 25.8 Å². The maximum atomic E-state index is 12.9. The third-order valence-electron chi connectivity index (χ3n) is 5.12. The molecule has 2 heterocycles. The summed E-state index contributed by atoms with van der Waals surface area (Å²) in [5.41, 5.74) is 2.07. The van der Waals surface area contributed by atoms with Crippen molar-refractivity contribution in [1.29, 1.82) is 0 Å². The van der Waals surface area contributed by atoms with E-state index in [0.29, 0.717) is 22.2 Å². The quantitative estimate of drug-likeness (QED) is 0.237. The molecule has 11 nitrogen and oxygen atoms in total. The Morgan fingerprint density at radius 2 is 2.00 bits per heavy atom. The number of benzene rings is 1. The summed E-state index contributed by atoms with van der Waals surface area (Å²) in [7, 11) is 1.21. The first-order chi connectivity index (χ1) is 17.1. The zero-order valence-corrected chi connectivity index (χ0v) is 21.9. The minimum absolute atomic E-state index is 0.181. The molecule has 4 N–H and O–H groups in total. The molecule has 3 aromatic rings. The third kappa shape index (κ3) is 7.41. The number of alkyl carbamates (subject to hydrolysis) is 1. The molecular formula is C24H32N6O5S. The van der Waals surface area contributed by atoms with Crippen LogP contribution in [0.5, 0.6) is 0 Å². The van der Waals surface area contributed by atoms with Crippen molar-refractivity contribution in [2.45, 2.75) is 52.2 Å². The first kappa shape index (κ1) is 26.9. The number of hydrogen-bond acceptors (Lipinski definition) is 9. The molecule has 0 fully saturated rings. The van der Waals surface area contributed by atoms with Gasteiger partial charge in [0.1, 0.15) is 16.5 Å². The molecule has 0 aliphatic carbocycles. The number of fused-ring (bicyclic) bond motifs is 1. The largest absolute Gasteiger partial charge is 0.467 e. The number of H-pyrrole nitrogens is 1. The number of esters is 1. The second-order valence-corrected chi connectivity index (χ2v) is 10.1. The van der Waals surface area contributed by atoms with E-state index in [1.54, 1.807) is 27.7 Å². The van der Waals surface area contributed by atoms with Crippen LogP contribution in [-0.2, 0) is 20.7 Å². The molecule has 2 amide bonds. The van der Waals surface area contributed by atoms with Gasteiger partial charge in [-0.05, 0) is 52.2 Å². The number of carbonyl (C=O) groups is 3. The molecular weight excluding hydrogens is 484 g/mol. The zero-order valence-electron chi connectivity index (χ0n) is 21.1. The van der Waals surface area contributed by atoms with E-state index in [4.69, 9.17) is 9.47 Å². The SMILES string of the molecule is COC(=O)[C@H](CNC(=O)OC(C)(C)C)NC(=O)c1sc(NCCCc2cccc3[nH]ncc23)nc1C. The normalized spacial score (nSPS) is 12.1. The van der Waals surface area contributed by atoms with Crippen LogP contribution in [0.15, 0.2) is 24.4 Å². The highest BCUT2D eigenvalue weighted by molar-refractivity contribution is 7.17. The van der Waals surface area contributed by atoms with Crippen LogP contribution in [0.1, 0.15) is 48.1 Å². The van der Waals surface area contributed by atoms with E-state index in [9.17, 15) is 14.4 Å². The molecule has 0 bridgehead atoms. The van der Waals surface area contributed by atoms with Crippen LogP contribution in [0, 0.1) is 6.92 Å². The van der Waals surface area contributed by atoms with Crippen molar-refractivity contribution in [2.24, 2.45) is 0 Å². The van der Waals surface area contributed by atoms with Crippen LogP contribution in [0.3, 0.4) is 0 Å². The molecule has 0 aliphatic rings. The highest BCUT2D eigenvalue weighted by Gasteiger charge is 2.26. The number of aromatic amines is 1. The van der Waals surface area contributed by atoms with Gasteiger partial charge >= 0.3 is 12.1 Å². The summed E-state index contributed by atoms with van der Waals surface area (Å²) in [6, 6.07) is 5.00. The lowest BCUT2D eigenvalue weighted by molar-refractivity contribution is -0.142. The second-order valence-electron chi connectivity index (χ2n) is 9.14. The Hall–Kier alpha value is -3.67. The molecule has 0 spiro atoms. The summed E-state index contributed by atoms with van der Waals surface area (Å²) < 4.78 is 9.93. The van der Waals surface area contributed by atoms with Crippen molar-refractivity contribution in [3.8, 4) is 0 Å². The number of methoxy groups -OCH3 is 1. The number of amides is 2. The van der Waals surface area contributed by atoms with E-state index in [-0.39, 0.29) is 6.54 Å². The Bertz CT molecular complexity index is 1220. The Kier molecular flexibility index (Phi) is 8.86. The number of aromatic nitrogens is 3. The molecule has 0 saturated carbocycles. The van der Waals surface area contributed by atoms with E-state index < -0.39 is 29.6 Å². The van der Waals surface area contributed by atoms with Crippen LogP contribution < -0.4 is 16.0 Å². The minimum atomic E-state index is -1.08. The summed E-state index contributed by atoms with van der Waals surface area (Å²) in [5, 5.41) is 17.1. The molecule has 3 rings (SSSR count). The number of anilines is 1. The van der Waals surface area contributed by atoms with E-state index in [1.807, 2.05) is 18.3 Å². The molecule has 0 radical (unpaired) electrons. The molecule has 1 atom stereocenters. The maximum Gasteiger partial charge on any atom is 0.407 e. The molecule has 0 unspecified atom stereocenters. The van der Waals surface area contributed by atoms with Crippen molar-refractivity contribution in [2.75, 3.05) is 25.5 Å². The monoisotopic (exact) mass is 516 g/mol. The van der Waals surface area contributed by atoms with Crippen molar-refractivity contribution >= 4 is 45.3 Å². The number of hydrogen-bond donors (Lipinski definition) is 4. The average molecular weight is 517 g/mol. The lowest BCUT2D eigenvalue weighted by Crippen LogP contribution is -2.49. The van der Waals surface area contributed by atoms with Crippen molar-refractivity contribution in [3.63, 3.8) is 0 Å². The van der Waals surface area contributed by atoms with Gasteiger partial charge in [-0.1, -0.05) is 23.5 Å². The van der Waals surface area contributed by atoms with Crippen LogP contribution >= 0.6 is 11.3 Å². The fraction of sp³-hybridized carbons (Fsp3) is 0.458. The van der Waals surface area contributed by atoms with Gasteiger partial charge < -0.3 is 25.4 Å². The number of nitrogens with zero attached hydrogens (tertiary/aromatic N) is 2. The van der Waals surface area contributed by atoms with Gasteiger partial charge in [0.2, 0.25) is 0 Å². The van der Waals surface area contributed by atoms with Crippen LogP contribution in [-0.4, -0.2) is 65.0 Å². The Morgan fingerprint density at radius 3 is 2.72 bits per heavy atom. The van der Waals surface area contributed by atoms with E-state index in [2.05, 4.69) is 37.2 Å². The predicted octanol–water partition coefficient (Wildman–Crippen LogP) is 3.17. The number of nitrogens with one attached hydrogen (secondary N) is 4. The predicted molar refractivity (Wildman–Crippen MR) is 137 cm³/mol. The van der Waals surface area contributed by atoms with Gasteiger partial charge in [0.25, 0.3) is 5.91 Å². The van der Waals surface area contributed by atoms with E-state index in [0.717, 1.165) is 23.7 Å². The van der Waals surface area contributed by atoms with E-state index >= 15 is 0 Å². The van der Waals surface area contributed by atoms with Crippen molar-refractivity contribution in [3.05, 3.63) is 40.5 Å². The molecule has 0 saturated heterocycles. The smallest absolute Gasteiger partial charge is 0.407 e. The van der Waals surface area contributed by atoms with Gasteiger partial charge in [-0.3, -0.25) is 9.89 Å². The fourth-order valence-electron chi connectivity index (χ4n) is 3.46. The highest BCUT2D eigenvalue weighted by Crippen LogP contribution is 2.23. The standard InChI is InChI=1S/C24H32N6O5S/c1-14-19(20(31)29-18(21(32)34-5)13-26-23(33)35-24(2,3)4)36-22(28-14)25-11-7-9-15-8-6-10-17-16(15)12-27-30-17/h6,8,10,12,18H,7,9,11,13H2,1-5H3,(H,25,28)(H,26,33)(H,27,30)(H,29,31)/t18-/m0/s1. The lowest BCUT2D eigenvalue weighted by Gasteiger charge is -2.21. The van der Waals surface area contributed by atoms with Gasteiger partial charge in [0.05, 0.1) is 31.1 Å². The first-order valence-electron chi connectivity index (χ1n) is 11.5. The summed E-state index contributed by atoms with van der Waals surface area (Å²) in [6.45, 7) is 7.40. The third-order valence-corrected chi connectivity index (χ3v) is 6.23. The van der Waals surface area contributed by atoms with Crippen LogP contribution in [0.25, 0.3) is 10.9 Å². The molecule has 2 aromatic heterocycles. The highest BCUT2D eigenvalue weighted by atomic mass is 32.1. The molecule has 36 heavy (non-hydrogen) atoms.